The Kier molecular flexibility index (Phi) is 4.41. The zero-order valence-corrected chi connectivity index (χ0v) is 10.7. The van der Waals surface area contributed by atoms with Crippen LogP contribution < -0.4 is 9.92 Å². The fraction of sp³-hybridized carbons (Fsp3) is 0.222. The zero-order valence-electron chi connectivity index (χ0n) is 9.92. The summed E-state index contributed by atoms with van der Waals surface area (Å²) >= 11 is 0. The number of aromatic hydroxyl groups is 1. The molecule has 12 heteroatoms. The van der Waals surface area contributed by atoms with E-state index in [1.165, 1.54) is 0 Å². The fourth-order valence-electron chi connectivity index (χ4n) is 1.11. The van der Waals surface area contributed by atoms with Crippen molar-refractivity contribution >= 4 is 21.8 Å². The van der Waals surface area contributed by atoms with Gasteiger partial charge in [0, 0.05) is 6.07 Å². The Morgan fingerprint density at radius 2 is 1.95 bits per heavy atom. The van der Waals surface area contributed by atoms with E-state index in [1.54, 1.807) is 0 Å². The van der Waals surface area contributed by atoms with Crippen LogP contribution in [0.5, 0.6) is 11.5 Å². The van der Waals surface area contributed by atoms with Gasteiger partial charge in [-0.25, -0.2) is 4.98 Å². The molecule has 21 heavy (non-hydrogen) atoms. The average Bonchev–Trinajstić information content (AvgIpc) is 2.25. The molecule has 0 saturated carbocycles. The highest BCUT2D eigenvalue weighted by Gasteiger charge is 2.48. The summed E-state index contributed by atoms with van der Waals surface area (Å²) in [7, 11) is -5.93. The topological polar surface area (TPSA) is 137 Å². The average molecular weight is 328 g/mol. The first kappa shape index (κ1) is 16.7. The van der Waals surface area contributed by atoms with Gasteiger partial charge in [-0.2, -0.15) is 21.6 Å². The smallest absolute Gasteiger partial charge is 0.505 e. The fourth-order valence-corrected chi connectivity index (χ4v) is 1.55. The molecule has 1 heterocycles. The van der Waals surface area contributed by atoms with E-state index < -0.39 is 50.9 Å². The monoisotopic (exact) mass is 328 g/mol. The van der Waals surface area contributed by atoms with Crippen molar-refractivity contribution in [1.82, 2.24) is 4.98 Å². The highest BCUT2D eigenvalue weighted by Crippen LogP contribution is 2.29. The predicted molar refractivity (Wildman–Crippen MR) is 59.6 cm³/mol. The van der Waals surface area contributed by atoms with Gasteiger partial charge >= 0.3 is 15.6 Å². The van der Waals surface area contributed by atoms with Gasteiger partial charge < -0.3 is 15.0 Å². The maximum Gasteiger partial charge on any atom is 0.534 e. The van der Waals surface area contributed by atoms with Gasteiger partial charge in [0.2, 0.25) is 5.91 Å². The summed E-state index contributed by atoms with van der Waals surface area (Å²) in [6, 6.07) is 0.435. The Bertz CT molecular complexity index is 685. The Hall–Kier alpha value is -2.37. The molecule has 8 nitrogen and oxygen atoms in total. The van der Waals surface area contributed by atoms with E-state index in [2.05, 4.69) is 9.17 Å². The van der Waals surface area contributed by atoms with Gasteiger partial charge in [0.1, 0.15) is 11.4 Å². The summed E-state index contributed by atoms with van der Waals surface area (Å²) in [5.41, 5.74) is -1.58. The maximum atomic E-state index is 12.1. The number of aromatic nitrogens is 1. The number of ketones is 1. The Labute approximate surface area is 115 Å². The molecule has 0 atom stereocenters. The van der Waals surface area contributed by atoms with Crippen molar-refractivity contribution in [1.29, 1.82) is 0 Å². The molecule has 3 N–H and O–H groups in total. The summed E-state index contributed by atoms with van der Waals surface area (Å²) in [5.74, 6) is -3.93. The number of hydrogen-bond acceptors (Lipinski definition) is 7. The third-order valence-corrected chi connectivity index (χ3v) is 2.91. The van der Waals surface area contributed by atoms with Gasteiger partial charge in [0.15, 0.2) is 11.5 Å². The molecule has 1 rings (SSSR count). The van der Waals surface area contributed by atoms with Crippen LogP contribution in [0, 0.1) is 0 Å². The number of alkyl halides is 3. The lowest BCUT2D eigenvalue weighted by Crippen LogP contribution is -2.28. The molecule has 0 unspecified atom stereocenters. The summed E-state index contributed by atoms with van der Waals surface area (Å²) < 4.78 is 61.3. The van der Waals surface area contributed by atoms with Crippen LogP contribution in [0.4, 0.5) is 13.2 Å². The standard InChI is InChI=1S/C9H7F3N2O6S/c10-9(11,12)21(18,19)20-4-1-5(15)8(14-3-4)6(16)2-7(13)17/h1,3,15H,2H2,(H2,13,17). The molecule has 0 aliphatic carbocycles. The second kappa shape index (κ2) is 5.55. The SMILES string of the molecule is NC(=O)CC(=O)c1ncc(OS(=O)(=O)C(F)(F)F)cc1O. The van der Waals surface area contributed by atoms with E-state index in [4.69, 9.17) is 5.73 Å². The van der Waals surface area contributed by atoms with E-state index >= 15 is 0 Å². The van der Waals surface area contributed by atoms with Crippen LogP contribution in [0.25, 0.3) is 0 Å². The summed E-state index contributed by atoms with van der Waals surface area (Å²) in [5, 5.41) is 9.38. The number of hydrogen-bond donors (Lipinski definition) is 2. The van der Waals surface area contributed by atoms with Crippen molar-refractivity contribution in [2.45, 2.75) is 11.9 Å². The minimum absolute atomic E-state index is 0.435. The molecule has 1 amide bonds. The Balaban J connectivity index is 3.04. The summed E-state index contributed by atoms with van der Waals surface area (Å²) in [6.07, 6.45) is -0.321. The van der Waals surface area contributed by atoms with Gasteiger partial charge in [0.25, 0.3) is 0 Å². The number of amides is 1. The van der Waals surface area contributed by atoms with Crippen molar-refractivity contribution < 1.29 is 40.5 Å². The second-order valence-corrected chi connectivity index (χ2v) is 5.13. The Morgan fingerprint density at radius 1 is 1.38 bits per heavy atom. The molecular formula is C9H7F3N2O6S. The lowest BCUT2D eigenvalue weighted by molar-refractivity contribution is -0.117. The molecule has 116 valence electrons. The van der Waals surface area contributed by atoms with Gasteiger partial charge in [-0.05, 0) is 0 Å². The van der Waals surface area contributed by atoms with Gasteiger partial charge in [-0.3, -0.25) is 9.59 Å². The first-order valence-electron chi connectivity index (χ1n) is 4.95. The maximum absolute atomic E-state index is 12.1. The number of pyridine rings is 1. The van der Waals surface area contributed by atoms with Crippen LogP contribution in [0.3, 0.4) is 0 Å². The summed E-state index contributed by atoms with van der Waals surface area (Å²) in [6.45, 7) is 0. The van der Waals surface area contributed by atoms with Gasteiger partial charge in [-0.1, -0.05) is 0 Å². The first-order chi connectivity index (χ1) is 9.44. The number of Topliss-reactive ketones (excluding diaryl/α,β-unsaturated/α-hetero) is 1. The van der Waals surface area contributed by atoms with Crippen LogP contribution >= 0.6 is 0 Å². The van der Waals surface area contributed by atoms with Crippen LogP contribution in [0.15, 0.2) is 12.3 Å². The lowest BCUT2D eigenvalue weighted by Gasteiger charge is -2.10. The van der Waals surface area contributed by atoms with Crippen LogP contribution in [0.2, 0.25) is 0 Å². The van der Waals surface area contributed by atoms with E-state index in [0.29, 0.717) is 12.3 Å². The number of nitrogens with zero attached hydrogens (tertiary/aromatic N) is 1. The molecule has 0 aliphatic heterocycles. The van der Waals surface area contributed by atoms with Crippen molar-refractivity contribution in [3.8, 4) is 11.5 Å². The number of nitrogens with two attached hydrogens (primary N) is 1. The third-order valence-electron chi connectivity index (χ3n) is 1.93. The molecule has 0 aromatic carbocycles. The number of halogens is 3. The van der Waals surface area contributed by atoms with E-state index in [0.717, 1.165) is 0 Å². The normalized spacial score (nSPS) is 12.0. The number of carbonyl (C=O) groups is 2. The van der Waals surface area contributed by atoms with Crippen LogP contribution in [-0.2, 0) is 14.9 Å². The molecule has 0 saturated heterocycles. The van der Waals surface area contributed by atoms with Crippen molar-refractivity contribution in [3.63, 3.8) is 0 Å². The summed E-state index contributed by atoms with van der Waals surface area (Å²) in [4.78, 5) is 25.1. The Morgan fingerprint density at radius 3 is 2.38 bits per heavy atom. The van der Waals surface area contributed by atoms with Crippen molar-refractivity contribution in [3.05, 3.63) is 18.0 Å². The molecule has 0 radical (unpaired) electrons. The van der Waals surface area contributed by atoms with E-state index in [9.17, 15) is 36.3 Å². The highest BCUT2D eigenvalue weighted by molar-refractivity contribution is 7.87. The lowest BCUT2D eigenvalue weighted by atomic mass is 10.2. The minimum Gasteiger partial charge on any atom is -0.505 e. The first-order valence-corrected chi connectivity index (χ1v) is 6.36. The van der Waals surface area contributed by atoms with Crippen LogP contribution in [0.1, 0.15) is 16.9 Å². The molecule has 1 aromatic rings. The van der Waals surface area contributed by atoms with E-state index in [1.807, 2.05) is 0 Å². The third kappa shape index (κ3) is 4.05. The van der Waals surface area contributed by atoms with Crippen molar-refractivity contribution in [2.75, 3.05) is 0 Å². The number of rotatable bonds is 5. The van der Waals surface area contributed by atoms with Gasteiger partial charge in [-0.15, -0.1) is 0 Å². The quantitative estimate of drug-likeness (QED) is 0.338. The van der Waals surface area contributed by atoms with E-state index in [-0.39, 0.29) is 0 Å². The second-order valence-electron chi connectivity index (χ2n) is 3.59. The zero-order chi connectivity index (χ0) is 16.4. The molecular weight excluding hydrogens is 321 g/mol. The minimum atomic E-state index is -5.93. The molecule has 0 aliphatic rings. The molecule has 0 bridgehead atoms. The molecule has 0 spiro atoms. The highest BCUT2D eigenvalue weighted by atomic mass is 32.2. The molecule has 1 aromatic heterocycles. The van der Waals surface area contributed by atoms with Gasteiger partial charge in [0.05, 0.1) is 12.6 Å². The van der Waals surface area contributed by atoms with Crippen molar-refractivity contribution in [2.24, 2.45) is 5.73 Å². The largest absolute Gasteiger partial charge is 0.534 e. The molecule has 0 fully saturated rings. The predicted octanol–water partition coefficient (Wildman–Crippen LogP) is 0.0737. The number of carbonyl (C=O) groups excluding carboxylic acids is 2. The number of primary amides is 1. The van der Waals surface area contributed by atoms with Crippen LogP contribution in [-0.4, -0.2) is 35.7 Å².